The largest absolute Gasteiger partial charge is 0.397 e. The second-order valence-corrected chi connectivity index (χ2v) is 2.45. The fraction of sp³-hybridized carbons (Fsp3) is 0.286. The number of nitrogen functional groups attached to an aromatic ring is 2. The van der Waals surface area contributed by atoms with Crippen LogP contribution in [0.2, 0.25) is 0 Å². The van der Waals surface area contributed by atoms with E-state index in [0.29, 0.717) is 0 Å². The number of halogens is 2. The van der Waals surface area contributed by atoms with Crippen LogP contribution in [0.5, 0.6) is 0 Å². The lowest BCUT2D eigenvalue weighted by molar-refractivity contribution is 0.152. The Morgan fingerprint density at radius 3 is 2.54 bits per heavy atom. The summed E-state index contributed by atoms with van der Waals surface area (Å²) in [5, 5.41) is 8.69. The van der Waals surface area contributed by atoms with Crippen LogP contribution >= 0.6 is 0 Å². The number of alkyl halides is 2. The van der Waals surface area contributed by atoms with E-state index in [1.807, 2.05) is 0 Å². The SMILES string of the molecule is Nc1cnc(CO)c(N)c1C(F)F. The summed E-state index contributed by atoms with van der Waals surface area (Å²) < 4.78 is 24.7. The molecule has 0 fully saturated rings. The van der Waals surface area contributed by atoms with Crippen molar-refractivity contribution in [1.29, 1.82) is 0 Å². The number of aliphatic hydroxyl groups excluding tert-OH is 1. The molecule has 0 atom stereocenters. The highest BCUT2D eigenvalue weighted by atomic mass is 19.3. The van der Waals surface area contributed by atoms with Crippen molar-refractivity contribution in [3.63, 3.8) is 0 Å². The minimum atomic E-state index is -2.76. The number of pyridine rings is 1. The number of anilines is 2. The van der Waals surface area contributed by atoms with Gasteiger partial charge in [-0.2, -0.15) is 0 Å². The van der Waals surface area contributed by atoms with E-state index < -0.39 is 18.6 Å². The molecule has 0 unspecified atom stereocenters. The van der Waals surface area contributed by atoms with Crippen molar-refractivity contribution >= 4 is 11.4 Å². The van der Waals surface area contributed by atoms with Crippen molar-refractivity contribution in [1.82, 2.24) is 4.98 Å². The second kappa shape index (κ2) is 3.53. The fourth-order valence-corrected chi connectivity index (χ4v) is 0.967. The molecule has 0 aromatic carbocycles. The Balaban J connectivity index is 3.30. The number of rotatable bonds is 2. The van der Waals surface area contributed by atoms with Gasteiger partial charge in [0.2, 0.25) is 0 Å². The maximum absolute atomic E-state index is 12.3. The summed E-state index contributed by atoms with van der Waals surface area (Å²) in [6, 6.07) is 0. The van der Waals surface area contributed by atoms with Gasteiger partial charge in [0.1, 0.15) is 0 Å². The lowest BCUT2D eigenvalue weighted by atomic mass is 10.1. The molecule has 13 heavy (non-hydrogen) atoms. The average molecular weight is 189 g/mol. The third-order valence-corrected chi connectivity index (χ3v) is 1.64. The van der Waals surface area contributed by atoms with Gasteiger partial charge in [0.15, 0.2) is 0 Å². The van der Waals surface area contributed by atoms with Crippen LogP contribution in [0.3, 0.4) is 0 Å². The predicted octanol–water partition coefficient (Wildman–Crippen LogP) is 0.676. The third kappa shape index (κ3) is 1.67. The average Bonchev–Trinajstić information content (AvgIpc) is 2.04. The number of hydrogen-bond donors (Lipinski definition) is 3. The molecule has 0 aliphatic rings. The van der Waals surface area contributed by atoms with Crippen LogP contribution in [-0.2, 0) is 6.61 Å². The highest BCUT2D eigenvalue weighted by Gasteiger charge is 2.18. The van der Waals surface area contributed by atoms with Crippen LogP contribution in [0, 0.1) is 0 Å². The molecule has 0 saturated heterocycles. The van der Waals surface area contributed by atoms with Crippen molar-refractivity contribution in [2.75, 3.05) is 11.5 Å². The van der Waals surface area contributed by atoms with Crippen LogP contribution in [0.15, 0.2) is 6.20 Å². The van der Waals surface area contributed by atoms with E-state index in [2.05, 4.69) is 4.98 Å². The summed E-state index contributed by atoms with van der Waals surface area (Å²) >= 11 is 0. The van der Waals surface area contributed by atoms with Crippen LogP contribution in [0.1, 0.15) is 17.7 Å². The minimum Gasteiger partial charge on any atom is -0.397 e. The quantitative estimate of drug-likeness (QED) is 0.638. The smallest absolute Gasteiger partial charge is 0.267 e. The standard InChI is InChI=1S/C7H9F2N3O/c8-7(9)5-3(10)1-12-4(2-13)6(5)11/h1,7,13H,2,10-11H2. The van der Waals surface area contributed by atoms with Gasteiger partial charge in [0.05, 0.1) is 35.4 Å². The van der Waals surface area contributed by atoms with Crippen LogP contribution in [0.25, 0.3) is 0 Å². The van der Waals surface area contributed by atoms with E-state index in [1.165, 1.54) is 0 Å². The van der Waals surface area contributed by atoms with Crippen LogP contribution in [-0.4, -0.2) is 10.1 Å². The zero-order valence-electron chi connectivity index (χ0n) is 6.67. The molecule has 0 amide bonds. The summed E-state index contributed by atoms with van der Waals surface area (Å²) in [4.78, 5) is 3.61. The second-order valence-electron chi connectivity index (χ2n) is 2.45. The van der Waals surface area contributed by atoms with Gasteiger partial charge in [0.25, 0.3) is 6.43 Å². The molecule has 0 saturated carbocycles. The van der Waals surface area contributed by atoms with E-state index >= 15 is 0 Å². The zero-order chi connectivity index (χ0) is 10.0. The maximum atomic E-state index is 12.3. The summed E-state index contributed by atoms with van der Waals surface area (Å²) in [5.74, 6) is 0. The lowest BCUT2D eigenvalue weighted by Gasteiger charge is -2.10. The van der Waals surface area contributed by atoms with E-state index in [0.717, 1.165) is 6.20 Å². The molecule has 0 radical (unpaired) electrons. The number of aliphatic hydroxyl groups is 1. The van der Waals surface area contributed by atoms with E-state index in [9.17, 15) is 8.78 Å². The first kappa shape index (κ1) is 9.66. The van der Waals surface area contributed by atoms with E-state index in [4.69, 9.17) is 16.6 Å². The van der Waals surface area contributed by atoms with Gasteiger partial charge in [-0.25, -0.2) is 8.78 Å². The lowest BCUT2D eigenvalue weighted by Crippen LogP contribution is -2.06. The molecule has 72 valence electrons. The molecule has 0 spiro atoms. The van der Waals surface area contributed by atoms with Crippen molar-refractivity contribution in [2.24, 2.45) is 0 Å². The summed E-state index contributed by atoms with van der Waals surface area (Å²) in [7, 11) is 0. The monoisotopic (exact) mass is 189 g/mol. The Hall–Kier alpha value is -1.43. The highest BCUT2D eigenvalue weighted by molar-refractivity contribution is 5.62. The topological polar surface area (TPSA) is 85.2 Å². The van der Waals surface area contributed by atoms with Gasteiger partial charge in [-0.3, -0.25) is 4.98 Å². The van der Waals surface area contributed by atoms with Crippen molar-refractivity contribution in [3.8, 4) is 0 Å². The highest BCUT2D eigenvalue weighted by Crippen LogP contribution is 2.31. The van der Waals surface area contributed by atoms with Crippen LogP contribution in [0.4, 0.5) is 20.2 Å². The van der Waals surface area contributed by atoms with E-state index in [-0.39, 0.29) is 17.1 Å². The molecule has 0 bridgehead atoms. The Labute approximate surface area is 73.2 Å². The Bertz CT molecular complexity index is 317. The Kier molecular flexibility index (Phi) is 2.62. The molecule has 1 aromatic heterocycles. The molecule has 1 heterocycles. The van der Waals surface area contributed by atoms with Gasteiger partial charge >= 0.3 is 0 Å². The Morgan fingerprint density at radius 1 is 1.46 bits per heavy atom. The molecule has 5 N–H and O–H groups in total. The zero-order valence-corrected chi connectivity index (χ0v) is 6.67. The number of nitrogens with zero attached hydrogens (tertiary/aromatic N) is 1. The third-order valence-electron chi connectivity index (χ3n) is 1.64. The van der Waals surface area contributed by atoms with Gasteiger partial charge < -0.3 is 16.6 Å². The van der Waals surface area contributed by atoms with Gasteiger partial charge in [-0.1, -0.05) is 0 Å². The molecular formula is C7H9F2N3O. The molecule has 0 aliphatic heterocycles. The molecule has 1 rings (SSSR count). The summed E-state index contributed by atoms with van der Waals surface area (Å²) in [6.45, 7) is -0.480. The van der Waals surface area contributed by atoms with Crippen molar-refractivity contribution in [2.45, 2.75) is 13.0 Å². The Morgan fingerprint density at radius 2 is 2.08 bits per heavy atom. The first-order valence-corrected chi connectivity index (χ1v) is 3.49. The van der Waals surface area contributed by atoms with Crippen LogP contribution < -0.4 is 11.5 Å². The normalized spacial score (nSPS) is 10.8. The molecule has 0 aliphatic carbocycles. The minimum absolute atomic E-state index is 0.0181. The summed E-state index contributed by atoms with van der Waals surface area (Å²) in [6.07, 6.45) is -1.70. The molecule has 1 aromatic rings. The first-order valence-electron chi connectivity index (χ1n) is 3.49. The van der Waals surface area contributed by atoms with Gasteiger partial charge in [-0.05, 0) is 0 Å². The van der Waals surface area contributed by atoms with E-state index in [1.54, 1.807) is 0 Å². The number of aromatic nitrogens is 1. The van der Waals surface area contributed by atoms with Gasteiger partial charge in [0, 0.05) is 0 Å². The molecular weight excluding hydrogens is 180 g/mol. The number of nitrogens with two attached hydrogens (primary N) is 2. The number of hydrogen-bond acceptors (Lipinski definition) is 4. The first-order chi connectivity index (χ1) is 6.07. The summed E-state index contributed by atoms with van der Waals surface area (Å²) in [5.41, 5.74) is 9.71. The van der Waals surface area contributed by atoms with Gasteiger partial charge in [-0.15, -0.1) is 0 Å². The predicted molar refractivity (Wildman–Crippen MR) is 43.9 cm³/mol. The molecule has 4 nitrogen and oxygen atoms in total. The van der Waals surface area contributed by atoms with Crippen molar-refractivity contribution in [3.05, 3.63) is 17.5 Å². The van der Waals surface area contributed by atoms with Crippen molar-refractivity contribution < 1.29 is 13.9 Å². The maximum Gasteiger partial charge on any atom is 0.267 e. The fourth-order valence-electron chi connectivity index (χ4n) is 0.967. The molecule has 6 heteroatoms.